The van der Waals surface area contributed by atoms with Gasteiger partial charge in [0.15, 0.2) is 23.3 Å². The summed E-state index contributed by atoms with van der Waals surface area (Å²) in [5.41, 5.74) is -1.44. The number of aliphatic hydroxyl groups is 1. The molecule has 4 rings (SSSR count). The fourth-order valence-electron chi connectivity index (χ4n) is 5.49. The van der Waals surface area contributed by atoms with Crippen LogP contribution < -0.4 is 17.0 Å². The lowest BCUT2D eigenvalue weighted by Gasteiger charge is -2.46. The Morgan fingerprint density at radius 1 is 0.833 bits per heavy atom. The molecule has 30 heavy (non-hydrogen) atoms. The highest BCUT2D eigenvalue weighted by Gasteiger charge is 2.50. The topological polar surface area (TPSA) is 20.2 Å². The van der Waals surface area contributed by atoms with Crippen LogP contribution in [0.3, 0.4) is 0 Å². The maximum absolute atomic E-state index is 14.0. The van der Waals surface area contributed by atoms with Crippen LogP contribution in [0.2, 0.25) is 0 Å². The van der Waals surface area contributed by atoms with Gasteiger partial charge in [0.25, 0.3) is 0 Å². The Morgan fingerprint density at radius 3 is 1.67 bits per heavy atom. The van der Waals surface area contributed by atoms with Crippen molar-refractivity contribution in [1.29, 1.82) is 0 Å². The number of piperidine rings is 1. The van der Waals surface area contributed by atoms with Crippen molar-refractivity contribution < 1.29 is 44.1 Å². The van der Waals surface area contributed by atoms with Crippen LogP contribution in [0, 0.1) is 29.2 Å². The third-order valence-corrected chi connectivity index (χ3v) is 7.30. The van der Waals surface area contributed by atoms with Gasteiger partial charge in [-0.15, -0.1) is 0 Å². The first-order chi connectivity index (χ1) is 13.6. The quantitative estimate of drug-likeness (QED) is 0.515. The number of halogens is 5. The molecule has 7 heteroatoms. The Morgan fingerprint density at radius 2 is 1.27 bits per heavy atom. The molecule has 2 nitrogen and oxygen atoms in total. The monoisotopic (exact) mass is 487 g/mol. The SMILES string of the molecule is C[N+]1(C)[C@H]2CC[C@H]1CC(CC(O)(c1ccc(F)c(F)c1)c1ccc(F)c(F)c1)C2.[Br-]. The molecular weight excluding hydrogens is 462 g/mol. The van der Waals surface area contributed by atoms with Crippen LogP contribution in [0.25, 0.3) is 0 Å². The van der Waals surface area contributed by atoms with Crippen LogP contribution >= 0.6 is 0 Å². The van der Waals surface area contributed by atoms with E-state index >= 15 is 0 Å². The fourth-order valence-corrected chi connectivity index (χ4v) is 5.49. The first-order valence-corrected chi connectivity index (χ1v) is 10.1. The van der Waals surface area contributed by atoms with E-state index < -0.39 is 28.9 Å². The highest BCUT2D eigenvalue weighted by molar-refractivity contribution is 5.37. The Labute approximate surface area is 184 Å². The van der Waals surface area contributed by atoms with Gasteiger partial charge in [-0.3, -0.25) is 0 Å². The second-order valence-corrected chi connectivity index (χ2v) is 9.17. The molecule has 2 atom stereocenters. The smallest absolute Gasteiger partial charge is 0.159 e. The van der Waals surface area contributed by atoms with E-state index in [0.717, 1.165) is 54.4 Å². The number of rotatable bonds is 4. The summed E-state index contributed by atoms with van der Waals surface area (Å²) in [5.74, 6) is -4.05. The molecule has 2 heterocycles. The van der Waals surface area contributed by atoms with E-state index in [-0.39, 0.29) is 40.4 Å². The lowest BCUT2D eigenvalue weighted by Crippen LogP contribution is -3.00. The van der Waals surface area contributed by atoms with Crippen LogP contribution in [0.4, 0.5) is 17.6 Å². The maximum atomic E-state index is 14.0. The zero-order valence-electron chi connectivity index (χ0n) is 17.0. The second-order valence-electron chi connectivity index (χ2n) is 9.17. The summed E-state index contributed by atoms with van der Waals surface area (Å²) in [6, 6.07) is 7.42. The summed E-state index contributed by atoms with van der Waals surface area (Å²) in [6.07, 6.45) is 4.31. The average molecular weight is 488 g/mol. The van der Waals surface area contributed by atoms with Gasteiger partial charge in [-0.1, -0.05) is 12.1 Å². The van der Waals surface area contributed by atoms with Crippen LogP contribution in [-0.4, -0.2) is 35.8 Å². The van der Waals surface area contributed by atoms with Crippen molar-refractivity contribution in [2.24, 2.45) is 5.92 Å². The highest BCUT2D eigenvalue weighted by Crippen LogP contribution is 2.47. The zero-order valence-corrected chi connectivity index (χ0v) is 18.6. The van der Waals surface area contributed by atoms with Crippen molar-refractivity contribution in [2.45, 2.75) is 49.8 Å². The van der Waals surface area contributed by atoms with Gasteiger partial charge in [0.1, 0.15) is 5.60 Å². The average Bonchev–Trinajstić information content (AvgIpc) is 2.83. The predicted molar refractivity (Wildman–Crippen MR) is 102 cm³/mol. The van der Waals surface area contributed by atoms with E-state index in [1.807, 2.05) is 0 Å². The lowest BCUT2D eigenvalue weighted by molar-refractivity contribution is -0.931. The Kier molecular flexibility index (Phi) is 6.38. The maximum Gasteiger partial charge on any atom is 0.159 e. The van der Waals surface area contributed by atoms with E-state index in [4.69, 9.17) is 0 Å². The molecule has 1 N–H and O–H groups in total. The second kappa shape index (κ2) is 8.24. The van der Waals surface area contributed by atoms with Crippen LogP contribution in [0.5, 0.6) is 0 Å². The van der Waals surface area contributed by atoms with Gasteiger partial charge < -0.3 is 26.6 Å². The fraction of sp³-hybridized carbons (Fsp3) is 0.478. The summed E-state index contributed by atoms with van der Waals surface area (Å²) in [5, 5.41) is 11.7. The molecule has 0 saturated carbocycles. The van der Waals surface area contributed by atoms with E-state index in [2.05, 4.69) is 14.1 Å². The lowest BCUT2D eigenvalue weighted by atomic mass is 9.75. The summed E-state index contributed by atoms with van der Waals surface area (Å²) in [6.45, 7) is 0. The van der Waals surface area contributed by atoms with Crippen LogP contribution in [0.1, 0.15) is 43.2 Å². The Hall–Kier alpha value is -1.44. The van der Waals surface area contributed by atoms with Crippen molar-refractivity contribution in [1.82, 2.24) is 0 Å². The molecule has 0 amide bonds. The number of hydrogen-bond acceptors (Lipinski definition) is 1. The molecule has 2 aromatic carbocycles. The predicted octanol–water partition coefficient (Wildman–Crippen LogP) is 1.89. The van der Waals surface area contributed by atoms with Crippen molar-refractivity contribution in [2.75, 3.05) is 14.1 Å². The van der Waals surface area contributed by atoms with E-state index in [9.17, 15) is 22.7 Å². The first-order valence-electron chi connectivity index (χ1n) is 10.1. The van der Waals surface area contributed by atoms with E-state index in [1.165, 1.54) is 12.1 Å². The summed E-state index contributed by atoms with van der Waals surface area (Å²) < 4.78 is 55.9. The third kappa shape index (κ3) is 3.92. The Bertz CT molecular complexity index is 868. The number of fused-ring (bicyclic) bond motifs is 2. The molecule has 2 bridgehead atoms. The molecule has 2 aliphatic rings. The number of benzene rings is 2. The molecule has 0 aliphatic carbocycles. The van der Waals surface area contributed by atoms with Crippen molar-refractivity contribution >= 4 is 0 Å². The molecule has 2 fully saturated rings. The summed E-state index contributed by atoms with van der Waals surface area (Å²) in [4.78, 5) is 0. The standard InChI is InChI=1S/C23H26F4NO.BrH/c1-28(2)17-5-6-18(28)10-14(9-17)13-23(29,15-3-7-19(24)21(26)11-15)16-4-8-20(25)22(27)12-16;/h3-4,7-8,11-12,14,17-18,29H,5-6,9-10,13H2,1-2H3;1H/q+1;/p-1/t17-,18-;/m0./s1. The van der Waals surface area contributed by atoms with Gasteiger partial charge in [-0.25, -0.2) is 17.6 Å². The molecule has 0 radical (unpaired) electrons. The number of hydrogen-bond donors (Lipinski definition) is 1. The Balaban J connectivity index is 0.00000256. The van der Waals surface area contributed by atoms with Crippen LogP contribution in [0.15, 0.2) is 36.4 Å². The van der Waals surface area contributed by atoms with Crippen molar-refractivity contribution in [3.8, 4) is 0 Å². The van der Waals surface area contributed by atoms with Crippen molar-refractivity contribution in [3.63, 3.8) is 0 Å². The minimum Gasteiger partial charge on any atom is -1.00 e. The number of nitrogens with zero attached hydrogens (tertiary/aromatic N) is 1. The van der Waals surface area contributed by atoms with E-state index in [0.29, 0.717) is 12.1 Å². The first kappa shape index (κ1) is 23.2. The van der Waals surface area contributed by atoms with Crippen molar-refractivity contribution in [3.05, 3.63) is 70.8 Å². The van der Waals surface area contributed by atoms with Gasteiger partial charge in [0, 0.05) is 25.7 Å². The third-order valence-electron chi connectivity index (χ3n) is 7.30. The van der Waals surface area contributed by atoms with Gasteiger partial charge in [0.2, 0.25) is 0 Å². The van der Waals surface area contributed by atoms with Crippen LogP contribution in [-0.2, 0) is 5.60 Å². The molecule has 0 spiro atoms. The highest BCUT2D eigenvalue weighted by atomic mass is 79.9. The van der Waals surface area contributed by atoms with Gasteiger partial charge >= 0.3 is 0 Å². The molecule has 0 unspecified atom stereocenters. The molecule has 2 saturated heterocycles. The molecule has 0 aromatic heterocycles. The van der Waals surface area contributed by atoms with Gasteiger partial charge in [0.05, 0.1) is 26.2 Å². The van der Waals surface area contributed by atoms with E-state index in [1.54, 1.807) is 0 Å². The minimum atomic E-state index is -1.73. The summed E-state index contributed by atoms with van der Waals surface area (Å²) in [7, 11) is 4.46. The van der Waals surface area contributed by atoms with Gasteiger partial charge in [-0.05, 0) is 47.7 Å². The molecular formula is C23H26BrF4NO. The zero-order chi connectivity index (χ0) is 21.0. The molecule has 2 aliphatic heterocycles. The molecule has 2 aromatic rings. The number of quaternary nitrogens is 1. The summed E-state index contributed by atoms with van der Waals surface area (Å²) >= 11 is 0. The largest absolute Gasteiger partial charge is 1.00 e. The normalized spacial score (nSPS) is 25.1. The van der Waals surface area contributed by atoms with Gasteiger partial charge in [-0.2, -0.15) is 0 Å². The minimum absolute atomic E-state index is 0. The molecule has 164 valence electrons.